The van der Waals surface area contributed by atoms with Gasteiger partial charge in [0, 0.05) is 17.1 Å². The summed E-state index contributed by atoms with van der Waals surface area (Å²) in [5, 5.41) is 3.76. The Hall–Kier alpha value is -0.340. The summed E-state index contributed by atoms with van der Waals surface area (Å²) in [5.74, 6) is 0.823. The van der Waals surface area contributed by atoms with Crippen molar-refractivity contribution in [3.8, 4) is 0 Å². The van der Waals surface area contributed by atoms with Crippen LogP contribution in [0.25, 0.3) is 0 Å². The SMILES string of the molecule is Cc1cc(CNC2CCCCCC2C)ccc1Br. The van der Waals surface area contributed by atoms with Crippen LogP contribution in [-0.2, 0) is 6.54 Å². The summed E-state index contributed by atoms with van der Waals surface area (Å²) in [6.45, 7) is 5.56. The molecule has 1 aliphatic rings. The van der Waals surface area contributed by atoms with Gasteiger partial charge >= 0.3 is 0 Å². The Morgan fingerprint density at radius 2 is 2.00 bits per heavy atom. The van der Waals surface area contributed by atoms with Crippen molar-refractivity contribution >= 4 is 15.9 Å². The number of rotatable bonds is 3. The molecule has 100 valence electrons. The lowest BCUT2D eigenvalue weighted by molar-refractivity contribution is 0.356. The smallest absolute Gasteiger partial charge is 0.0208 e. The minimum absolute atomic E-state index is 0.705. The first-order valence-electron chi connectivity index (χ1n) is 7.15. The molecule has 2 rings (SSSR count). The van der Waals surface area contributed by atoms with Crippen LogP contribution in [0, 0.1) is 12.8 Å². The molecule has 0 saturated heterocycles. The second kappa shape index (κ2) is 6.72. The van der Waals surface area contributed by atoms with E-state index in [1.165, 1.54) is 47.7 Å². The number of hydrogen-bond donors (Lipinski definition) is 1. The van der Waals surface area contributed by atoms with Crippen LogP contribution in [0.2, 0.25) is 0 Å². The molecule has 2 heteroatoms. The van der Waals surface area contributed by atoms with Crippen molar-refractivity contribution in [1.82, 2.24) is 5.32 Å². The maximum atomic E-state index is 3.76. The number of benzene rings is 1. The Morgan fingerprint density at radius 1 is 1.22 bits per heavy atom. The molecule has 0 aromatic heterocycles. The van der Waals surface area contributed by atoms with Crippen molar-refractivity contribution in [2.45, 2.75) is 58.5 Å². The molecule has 0 aliphatic heterocycles. The highest BCUT2D eigenvalue weighted by Crippen LogP contribution is 2.23. The number of nitrogens with one attached hydrogen (secondary N) is 1. The van der Waals surface area contributed by atoms with E-state index in [-0.39, 0.29) is 0 Å². The molecule has 2 atom stereocenters. The lowest BCUT2D eigenvalue weighted by Crippen LogP contribution is -2.33. The fourth-order valence-electron chi connectivity index (χ4n) is 2.86. The summed E-state index contributed by atoms with van der Waals surface area (Å²) in [6, 6.07) is 7.35. The minimum atomic E-state index is 0.705. The van der Waals surface area contributed by atoms with Gasteiger partial charge in [0.1, 0.15) is 0 Å². The van der Waals surface area contributed by atoms with Crippen molar-refractivity contribution in [2.75, 3.05) is 0 Å². The van der Waals surface area contributed by atoms with Crippen LogP contribution in [0.15, 0.2) is 22.7 Å². The third kappa shape index (κ3) is 3.83. The second-order valence-electron chi connectivity index (χ2n) is 5.69. The van der Waals surface area contributed by atoms with E-state index in [1.807, 2.05) is 0 Å². The van der Waals surface area contributed by atoms with E-state index < -0.39 is 0 Å². The molecule has 1 nitrogen and oxygen atoms in total. The second-order valence-corrected chi connectivity index (χ2v) is 6.54. The van der Waals surface area contributed by atoms with E-state index in [9.17, 15) is 0 Å². The third-order valence-corrected chi connectivity index (χ3v) is 5.04. The van der Waals surface area contributed by atoms with E-state index >= 15 is 0 Å². The van der Waals surface area contributed by atoms with E-state index in [4.69, 9.17) is 0 Å². The normalized spacial score (nSPS) is 24.8. The van der Waals surface area contributed by atoms with Gasteiger partial charge in [-0.15, -0.1) is 0 Å². The standard InChI is InChI=1S/C16H24BrN/c1-12-6-4-3-5-7-16(12)18-11-14-8-9-15(17)13(2)10-14/h8-10,12,16,18H,3-7,11H2,1-2H3. The number of aryl methyl sites for hydroxylation is 1. The lowest BCUT2D eigenvalue weighted by atomic mass is 9.96. The van der Waals surface area contributed by atoms with Gasteiger partial charge < -0.3 is 5.32 Å². The Bertz CT molecular complexity index is 389. The van der Waals surface area contributed by atoms with Crippen LogP contribution < -0.4 is 5.32 Å². The van der Waals surface area contributed by atoms with Crippen molar-refractivity contribution in [3.05, 3.63) is 33.8 Å². The van der Waals surface area contributed by atoms with Crippen LogP contribution in [0.1, 0.15) is 50.2 Å². The predicted molar refractivity (Wildman–Crippen MR) is 81.8 cm³/mol. The average molecular weight is 310 g/mol. The van der Waals surface area contributed by atoms with E-state index in [0.717, 1.165) is 12.5 Å². The van der Waals surface area contributed by atoms with E-state index in [1.54, 1.807) is 0 Å². The molecule has 0 bridgehead atoms. The Labute approximate surface area is 119 Å². The van der Waals surface area contributed by atoms with E-state index in [0.29, 0.717) is 6.04 Å². The molecule has 1 fully saturated rings. The Balaban J connectivity index is 1.91. The molecule has 1 aliphatic carbocycles. The maximum Gasteiger partial charge on any atom is 0.0208 e. The first-order chi connectivity index (χ1) is 8.66. The van der Waals surface area contributed by atoms with Gasteiger partial charge in [0.05, 0.1) is 0 Å². The Morgan fingerprint density at radius 3 is 2.78 bits per heavy atom. The minimum Gasteiger partial charge on any atom is -0.310 e. The Kier molecular flexibility index (Phi) is 5.25. The van der Waals surface area contributed by atoms with Crippen LogP contribution >= 0.6 is 15.9 Å². The zero-order valence-corrected chi connectivity index (χ0v) is 13.1. The summed E-state index contributed by atoms with van der Waals surface area (Å²) < 4.78 is 1.20. The molecule has 1 N–H and O–H groups in total. The molecule has 0 radical (unpaired) electrons. The summed E-state index contributed by atoms with van der Waals surface area (Å²) in [5.41, 5.74) is 2.72. The molecule has 18 heavy (non-hydrogen) atoms. The first-order valence-corrected chi connectivity index (χ1v) is 7.94. The lowest BCUT2D eigenvalue weighted by Gasteiger charge is -2.23. The molecule has 0 amide bonds. The topological polar surface area (TPSA) is 12.0 Å². The predicted octanol–water partition coefficient (Wildman–Crippen LogP) is 4.82. The van der Waals surface area contributed by atoms with Gasteiger partial charge in [0.15, 0.2) is 0 Å². The number of halogens is 1. The van der Waals surface area contributed by atoms with Gasteiger partial charge in [-0.05, 0) is 42.9 Å². The quantitative estimate of drug-likeness (QED) is 0.790. The van der Waals surface area contributed by atoms with Crippen LogP contribution in [0.5, 0.6) is 0 Å². The molecule has 1 aromatic rings. The molecule has 2 unspecified atom stereocenters. The fraction of sp³-hybridized carbons (Fsp3) is 0.625. The van der Waals surface area contributed by atoms with Crippen molar-refractivity contribution in [2.24, 2.45) is 5.92 Å². The highest BCUT2D eigenvalue weighted by molar-refractivity contribution is 9.10. The molecule has 1 aromatic carbocycles. The van der Waals surface area contributed by atoms with Gasteiger partial charge in [-0.3, -0.25) is 0 Å². The molecule has 1 saturated carbocycles. The highest BCUT2D eigenvalue weighted by atomic mass is 79.9. The molecular formula is C16H24BrN. The van der Waals surface area contributed by atoms with Gasteiger partial charge in [-0.1, -0.05) is 54.2 Å². The highest BCUT2D eigenvalue weighted by Gasteiger charge is 2.18. The zero-order chi connectivity index (χ0) is 13.0. The van der Waals surface area contributed by atoms with E-state index in [2.05, 4.69) is 53.3 Å². The third-order valence-electron chi connectivity index (χ3n) is 4.15. The number of hydrogen-bond acceptors (Lipinski definition) is 1. The molecular weight excluding hydrogens is 286 g/mol. The molecule has 0 heterocycles. The summed E-state index contributed by atoms with van der Waals surface area (Å²) in [6.07, 6.45) is 6.95. The molecule has 0 spiro atoms. The largest absolute Gasteiger partial charge is 0.310 e. The fourth-order valence-corrected chi connectivity index (χ4v) is 3.11. The van der Waals surface area contributed by atoms with Crippen LogP contribution in [0.4, 0.5) is 0 Å². The van der Waals surface area contributed by atoms with Crippen molar-refractivity contribution < 1.29 is 0 Å². The monoisotopic (exact) mass is 309 g/mol. The van der Waals surface area contributed by atoms with Gasteiger partial charge in [0.2, 0.25) is 0 Å². The van der Waals surface area contributed by atoms with Crippen molar-refractivity contribution in [3.63, 3.8) is 0 Å². The average Bonchev–Trinajstić information content (AvgIpc) is 2.56. The van der Waals surface area contributed by atoms with Crippen molar-refractivity contribution in [1.29, 1.82) is 0 Å². The maximum absolute atomic E-state index is 3.76. The summed E-state index contributed by atoms with van der Waals surface area (Å²) >= 11 is 3.56. The zero-order valence-electron chi connectivity index (χ0n) is 11.5. The first kappa shape index (κ1) is 14.1. The van der Waals surface area contributed by atoms with Gasteiger partial charge in [0.25, 0.3) is 0 Å². The summed E-state index contributed by atoms with van der Waals surface area (Å²) in [7, 11) is 0. The van der Waals surface area contributed by atoms with Crippen LogP contribution in [-0.4, -0.2) is 6.04 Å². The summed E-state index contributed by atoms with van der Waals surface area (Å²) in [4.78, 5) is 0. The van der Waals surface area contributed by atoms with Crippen LogP contribution in [0.3, 0.4) is 0 Å². The van der Waals surface area contributed by atoms with Gasteiger partial charge in [-0.25, -0.2) is 0 Å². The van der Waals surface area contributed by atoms with Gasteiger partial charge in [-0.2, -0.15) is 0 Å².